The topological polar surface area (TPSA) is 106 Å². The lowest BCUT2D eigenvalue weighted by Crippen LogP contribution is -2.23. The fourth-order valence-corrected chi connectivity index (χ4v) is 3.46. The normalized spacial score (nSPS) is 16.4. The van der Waals surface area contributed by atoms with Gasteiger partial charge in [0.15, 0.2) is 5.69 Å². The van der Waals surface area contributed by atoms with Crippen molar-refractivity contribution in [1.29, 1.82) is 0 Å². The highest BCUT2D eigenvalue weighted by Crippen LogP contribution is 2.41. The number of nitrogens with zero attached hydrogens (tertiary/aromatic N) is 1. The van der Waals surface area contributed by atoms with Crippen LogP contribution in [0.5, 0.6) is 0 Å². The third kappa shape index (κ3) is 2.68. The first kappa shape index (κ1) is 15.2. The number of nitrogens with one attached hydrogen (secondary N) is 1. The van der Waals surface area contributed by atoms with E-state index in [0.717, 1.165) is 17.1 Å². The number of carboxylic acid groups (broad SMARTS) is 1. The summed E-state index contributed by atoms with van der Waals surface area (Å²) in [6.45, 7) is 0. The number of esters is 1. The number of methoxy groups -OCH3 is 1. The van der Waals surface area contributed by atoms with Gasteiger partial charge in [-0.2, -0.15) is 4.37 Å². The van der Waals surface area contributed by atoms with Crippen molar-refractivity contribution in [3.05, 3.63) is 46.0 Å². The number of hydrogen-bond acceptors (Lipinski definition) is 6. The number of anilines is 1. The van der Waals surface area contributed by atoms with Gasteiger partial charge in [-0.3, -0.25) is 4.79 Å². The molecule has 1 aromatic heterocycles. The molecule has 3 rings (SSSR count). The number of aromatic carboxylic acids is 1. The van der Waals surface area contributed by atoms with Gasteiger partial charge in [0.2, 0.25) is 5.91 Å². The summed E-state index contributed by atoms with van der Waals surface area (Å²) in [5.74, 6) is -2.16. The minimum atomic E-state index is -1.18. The standard InChI is InChI=1S/C15H12N2O5S/c1-22-15(21)8-4-2-7(3-5-8)9-6-10(18)16-11-12(14(19)20)17-23-13(9)11/h2-5,9H,6H2,1H3,(H,16,18)(H,19,20)/t9-/m1/s1. The molecule has 8 heteroatoms. The third-order valence-corrected chi connectivity index (χ3v) is 4.58. The number of benzene rings is 1. The zero-order valence-corrected chi connectivity index (χ0v) is 12.8. The maximum Gasteiger partial charge on any atom is 0.357 e. The molecule has 0 fully saturated rings. The quantitative estimate of drug-likeness (QED) is 0.834. The molecule has 0 bridgehead atoms. The molecule has 1 atom stereocenters. The van der Waals surface area contributed by atoms with Gasteiger partial charge in [-0.1, -0.05) is 12.1 Å². The molecule has 118 valence electrons. The Morgan fingerprint density at radius 2 is 2.04 bits per heavy atom. The Hall–Kier alpha value is -2.74. The highest BCUT2D eigenvalue weighted by atomic mass is 32.1. The number of aromatic nitrogens is 1. The van der Waals surface area contributed by atoms with Crippen LogP contribution in [-0.2, 0) is 9.53 Å². The molecule has 1 aromatic carbocycles. The van der Waals surface area contributed by atoms with Crippen molar-refractivity contribution in [3.63, 3.8) is 0 Å². The molecule has 0 saturated heterocycles. The van der Waals surface area contributed by atoms with Gasteiger partial charge >= 0.3 is 11.9 Å². The summed E-state index contributed by atoms with van der Waals surface area (Å²) in [5, 5.41) is 11.7. The predicted molar refractivity (Wildman–Crippen MR) is 81.9 cm³/mol. The maximum atomic E-state index is 11.9. The van der Waals surface area contributed by atoms with E-state index >= 15 is 0 Å². The Kier molecular flexibility index (Phi) is 3.83. The van der Waals surface area contributed by atoms with E-state index in [9.17, 15) is 14.4 Å². The van der Waals surface area contributed by atoms with Crippen molar-refractivity contribution in [3.8, 4) is 0 Å². The second-order valence-electron chi connectivity index (χ2n) is 4.99. The van der Waals surface area contributed by atoms with Gasteiger partial charge in [-0.15, -0.1) is 0 Å². The first-order valence-corrected chi connectivity index (χ1v) is 7.49. The molecular weight excluding hydrogens is 320 g/mol. The second kappa shape index (κ2) is 5.81. The number of amides is 1. The lowest BCUT2D eigenvalue weighted by Gasteiger charge is -2.22. The molecule has 0 saturated carbocycles. The maximum absolute atomic E-state index is 11.9. The van der Waals surface area contributed by atoms with Crippen LogP contribution in [0.4, 0.5) is 5.69 Å². The third-order valence-electron chi connectivity index (χ3n) is 3.63. The van der Waals surface area contributed by atoms with Gasteiger partial charge < -0.3 is 15.2 Å². The van der Waals surface area contributed by atoms with E-state index in [1.54, 1.807) is 24.3 Å². The molecule has 0 unspecified atom stereocenters. The summed E-state index contributed by atoms with van der Waals surface area (Å²) in [7, 11) is 1.30. The molecule has 1 amide bonds. The van der Waals surface area contributed by atoms with Gasteiger partial charge in [-0.05, 0) is 29.2 Å². The summed E-state index contributed by atoms with van der Waals surface area (Å²) in [4.78, 5) is 35.3. The van der Waals surface area contributed by atoms with Crippen LogP contribution in [0, 0.1) is 0 Å². The van der Waals surface area contributed by atoms with Crippen molar-refractivity contribution in [2.24, 2.45) is 0 Å². The Labute approximate surface area is 135 Å². The van der Waals surface area contributed by atoms with E-state index in [2.05, 4.69) is 14.4 Å². The monoisotopic (exact) mass is 332 g/mol. The first-order chi connectivity index (χ1) is 11.0. The summed E-state index contributed by atoms with van der Waals surface area (Å²) in [6.07, 6.45) is 0.200. The Morgan fingerprint density at radius 3 is 2.65 bits per heavy atom. The fraction of sp³-hybridized carbons (Fsp3) is 0.200. The van der Waals surface area contributed by atoms with Crippen molar-refractivity contribution >= 4 is 35.1 Å². The van der Waals surface area contributed by atoms with E-state index in [1.807, 2.05) is 0 Å². The van der Waals surface area contributed by atoms with Gasteiger partial charge in [0.1, 0.15) is 0 Å². The number of rotatable bonds is 3. The average Bonchev–Trinajstić information content (AvgIpc) is 2.97. The predicted octanol–water partition coefficient (Wildman–Crippen LogP) is 2.10. The van der Waals surface area contributed by atoms with Crippen LogP contribution in [0.2, 0.25) is 0 Å². The minimum absolute atomic E-state index is 0.144. The molecule has 0 radical (unpaired) electrons. The molecule has 2 heterocycles. The Bertz CT molecular complexity index is 797. The Morgan fingerprint density at radius 1 is 1.35 bits per heavy atom. The average molecular weight is 332 g/mol. The van der Waals surface area contributed by atoms with Crippen molar-refractivity contribution in [2.45, 2.75) is 12.3 Å². The number of carbonyl (C=O) groups excluding carboxylic acids is 2. The zero-order valence-electron chi connectivity index (χ0n) is 12.0. The van der Waals surface area contributed by atoms with Crippen molar-refractivity contribution < 1.29 is 24.2 Å². The summed E-state index contributed by atoms with van der Waals surface area (Å²) in [6, 6.07) is 6.71. The van der Waals surface area contributed by atoms with Gasteiger partial charge in [0.25, 0.3) is 0 Å². The summed E-state index contributed by atoms with van der Waals surface area (Å²) >= 11 is 1.06. The number of ether oxygens (including phenoxy) is 1. The van der Waals surface area contributed by atoms with Gasteiger partial charge in [-0.25, -0.2) is 9.59 Å². The second-order valence-corrected chi connectivity index (χ2v) is 5.80. The van der Waals surface area contributed by atoms with Gasteiger partial charge in [0, 0.05) is 12.3 Å². The molecule has 1 aliphatic heterocycles. The minimum Gasteiger partial charge on any atom is -0.476 e. The molecule has 7 nitrogen and oxygen atoms in total. The lowest BCUT2D eigenvalue weighted by atomic mass is 9.89. The smallest absolute Gasteiger partial charge is 0.357 e. The molecular formula is C15H12N2O5S. The number of hydrogen-bond donors (Lipinski definition) is 2. The molecule has 0 aliphatic carbocycles. The molecule has 1 aliphatic rings. The highest BCUT2D eigenvalue weighted by Gasteiger charge is 2.33. The van der Waals surface area contributed by atoms with Crippen LogP contribution in [0.3, 0.4) is 0 Å². The van der Waals surface area contributed by atoms with Gasteiger partial charge in [0.05, 0.1) is 23.2 Å². The van der Waals surface area contributed by atoms with Crippen LogP contribution >= 0.6 is 11.5 Å². The summed E-state index contributed by atoms with van der Waals surface area (Å²) in [5.41, 5.74) is 1.34. The van der Waals surface area contributed by atoms with Crippen LogP contribution in [0.15, 0.2) is 24.3 Å². The van der Waals surface area contributed by atoms with Crippen LogP contribution in [0.25, 0.3) is 0 Å². The van der Waals surface area contributed by atoms with Crippen LogP contribution < -0.4 is 5.32 Å². The highest BCUT2D eigenvalue weighted by molar-refractivity contribution is 7.06. The molecule has 2 N–H and O–H groups in total. The van der Waals surface area contributed by atoms with E-state index in [1.165, 1.54) is 7.11 Å². The van der Waals surface area contributed by atoms with E-state index < -0.39 is 11.9 Å². The summed E-state index contributed by atoms with van der Waals surface area (Å²) < 4.78 is 8.57. The SMILES string of the molecule is COC(=O)c1ccc([C@H]2CC(=O)Nc3c(C(=O)O)nsc32)cc1. The van der Waals surface area contributed by atoms with E-state index in [-0.39, 0.29) is 29.6 Å². The van der Waals surface area contributed by atoms with Crippen molar-refractivity contribution in [1.82, 2.24) is 4.37 Å². The Balaban J connectivity index is 2.00. The van der Waals surface area contributed by atoms with Crippen molar-refractivity contribution in [2.75, 3.05) is 12.4 Å². The van der Waals surface area contributed by atoms with E-state index in [0.29, 0.717) is 10.4 Å². The largest absolute Gasteiger partial charge is 0.476 e. The lowest BCUT2D eigenvalue weighted by molar-refractivity contribution is -0.116. The molecule has 2 aromatic rings. The number of carboxylic acids is 1. The number of fused-ring (bicyclic) bond motifs is 1. The number of carbonyl (C=O) groups is 3. The van der Waals surface area contributed by atoms with E-state index in [4.69, 9.17) is 5.11 Å². The zero-order chi connectivity index (χ0) is 16.6. The molecule has 23 heavy (non-hydrogen) atoms. The molecule has 0 spiro atoms. The van der Waals surface area contributed by atoms with Crippen LogP contribution in [0.1, 0.15) is 43.6 Å². The van der Waals surface area contributed by atoms with Crippen LogP contribution in [-0.4, -0.2) is 34.4 Å². The fourth-order valence-electron chi connectivity index (χ4n) is 2.51. The first-order valence-electron chi connectivity index (χ1n) is 6.72.